The molecule has 0 saturated heterocycles. The summed E-state index contributed by atoms with van der Waals surface area (Å²) in [6.45, 7) is 1.80. The van der Waals surface area contributed by atoms with Gasteiger partial charge in [0, 0.05) is 36.3 Å². The Morgan fingerprint density at radius 3 is 2.62 bits per heavy atom. The Bertz CT molecular complexity index is 1600. The predicted molar refractivity (Wildman–Crippen MR) is 126 cm³/mol. The zero-order chi connectivity index (χ0) is 23.8. The van der Waals surface area contributed by atoms with Gasteiger partial charge in [0.15, 0.2) is 11.6 Å². The highest BCUT2D eigenvalue weighted by Crippen LogP contribution is 2.42. The summed E-state index contributed by atoms with van der Waals surface area (Å²) < 4.78 is 22.6. The summed E-state index contributed by atoms with van der Waals surface area (Å²) in [6, 6.07) is 10.0. The van der Waals surface area contributed by atoms with Crippen LogP contribution >= 0.6 is 0 Å². The number of nitrogens with two attached hydrogens (primary N) is 1. The summed E-state index contributed by atoms with van der Waals surface area (Å²) in [5.74, 6) is 2.24. The minimum Gasteiger partial charge on any atom is -0.421 e. The lowest BCUT2D eigenvalue weighted by molar-refractivity contribution is 0.410. The zero-order valence-corrected chi connectivity index (χ0v) is 18.3. The fourth-order valence-corrected chi connectivity index (χ4v) is 3.86. The van der Waals surface area contributed by atoms with Gasteiger partial charge in [0.2, 0.25) is 0 Å². The Labute approximate surface area is 194 Å². The van der Waals surface area contributed by atoms with E-state index >= 15 is 4.39 Å². The molecule has 8 nitrogen and oxygen atoms in total. The van der Waals surface area contributed by atoms with Crippen LogP contribution in [0.4, 0.5) is 10.2 Å². The maximum absolute atomic E-state index is 15.2. The molecule has 0 aliphatic rings. The molecule has 34 heavy (non-hydrogen) atoms. The second-order valence-electron chi connectivity index (χ2n) is 7.54. The average Bonchev–Trinajstić information content (AvgIpc) is 3.14. The minimum atomic E-state index is -0.583. The fourth-order valence-electron chi connectivity index (χ4n) is 3.86. The van der Waals surface area contributed by atoms with Crippen molar-refractivity contribution in [3.63, 3.8) is 0 Å². The van der Waals surface area contributed by atoms with Gasteiger partial charge < -0.3 is 15.0 Å². The quantitative estimate of drug-likeness (QED) is 0.407. The van der Waals surface area contributed by atoms with Crippen molar-refractivity contribution in [3.05, 3.63) is 72.3 Å². The number of hydrogen-bond acceptors (Lipinski definition) is 7. The lowest BCUT2D eigenvalue weighted by atomic mass is 9.98. The van der Waals surface area contributed by atoms with E-state index in [9.17, 15) is 0 Å². The number of halogens is 1. The number of benzene rings is 1. The number of rotatable bonds is 4. The van der Waals surface area contributed by atoms with E-state index in [2.05, 4.69) is 30.8 Å². The normalized spacial score (nSPS) is 10.9. The smallest absolute Gasteiger partial charge is 0.322 e. The maximum atomic E-state index is 15.2. The maximum Gasteiger partial charge on any atom is 0.322 e. The largest absolute Gasteiger partial charge is 0.421 e. The fraction of sp³-hybridized carbons (Fsp3) is 0.0800. The number of terminal acetylenes is 1. The Morgan fingerprint density at radius 1 is 1.03 bits per heavy atom. The van der Waals surface area contributed by atoms with Crippen LogP contribution in [0.25, 0.3) is 33.4 Å². The Balaban J connectivity index is 1.70. The summed E-state index contributed by atoms with van der Waals surface area (Å²) in [5.41, 5.74) is 10.8. The molecule has 0 unspecified atom stereocenters. The Kier molecular flexibility index (Phi) is 5.11. The van der Waals surface area contributed by atoms with Crippen LogP contribution < -0.4 is 10.5 Å². The number of aromatic nitrogens is 6. The van der Waals surface area contributed by atoms with Crippen molar-refractivity contribution < 1.29 is 9.13 Å². The van der Waals surface area contributed by atoms with Gasteiger partial charge in [0.1, 0.15) is 23.5 Å². The molecule has 2 N–H and O–H groups in total. The van der Waals surface area contributed by atoms with Gasteiger partial charge in [-0.05, 0) is 42.8 Å². The minimum absolute atomic E-state index is 0.00103. The molecule has 0 saturated carbocycles. The number of anilines is 1. The van der Waals surface area contributed by atoms with Gasteiger partial charge in [0.25, 0.3) is 0 Å². The van der Waals surface area contributed by atoms with E-state index in [-0.39, 0.29) is 17.6 Å². The highest BCUT2D eigenvalue weighted by molar-refractivity contribution is 6.07. The Hall–Kier alpha value is -4.84. The first kappa shape index (κ1) is 21.0. The van der Waals surface area contributed by atoms with E-state index in [1.165, 1.54) is 18.5 Å². The van der Waals surface area contributed by atoms with Crippen LogP contribution in [0.15, 0.2) is 55.1 Å². The molecule has 0 amide bonds. The van der Waals surface area contributed by atoms with Crippen molar-refractivity contribution in [1.82, 2.24) is 29.5 Å². The third kappa shape index (κ3) is 3.57. The SMILES string of the molecule is C#Cc1cc(-c2c(-c3ccc(Oc4nccc(C)n4)c(F)c3)c3c(N)ncnc3n2C)ccn1. The zero-order valence-electron chi connectivity index (χ0n) is 18.3. The van der Waals surface area contributed by atoms with Crippen molar-refractivity contribution in [2.45, 2.75) is 6.92 Å². The molecule has 5 rings (SSSR count). The molecule has 0 bridgehead atoms. The third-order valence-corrected chi connectivity index (χ3v) is 5.37. The molecule has 1 aromatic carbocycles. The van der Waals surface area contributed by atoms with Crippen molar-refractivity contribution in [2.24, 2.45) is 7.05 Å². The molecule has 5 aromatic rings. The molecule has 0 atom stereocenters. The van der Waals surface area contributed by atoms with Crippen LogP contribution in [0, 0.1) is 25.1 Å². The summed E-state index contributed by atoms with van der Waals surface area (Å²) >= 11 is 0. The first-order valence-electron chi connectivity index (χ1n) is 10.3. The van der Waals surface area contributed by atoms with Gasteiger partial charge in [-0.3, -0.25) is 0 Å². The van der Waals surface area contributed by atoms with E-state index in [4.69, 9.17) is 16.9 Å². The monoisotopic (exact) mass is 451 g/mol. The number of hydrogen-bond donors (Lipinski definition) is 1. The first-order chi connectivity index (χ1) is 16.5. The van der Waals surface area contributed by atoms with E-state index < -0.39 is 5.82 Å². The highest BCUT2D eigenvalue weighted by Gasteiger charge is 2.23. The molecular formula is C25H18FN7O. The number of nitrogen functional groups attached to an aromatic ring is 1. The van der Waals surface area contributed by atoms with E-state index in [1.54, 1.807) is 37.5 Å². The molecule has 4 heterocycles. The second kappa shape index (κ2) is 8.26. The molecule has 0 radical (unpaired) electrons. The molecule has 9 heteroatoms. The molecule has 0 fully saturated rings. The van der Waals surface area contributed by atoms with Crippen molar-refractivity contribution in [3.8, 4) is 46.5 Å². The average molecular weight is 451 g/mol. The summed E-state index contributed by atoms with van der Waals surface area (Å²) in [5, 5.41) is 0.606. The molecule has 0 spiro atoms. The van der Waals surface area contributed by atoms with Gasteiger partial charge in [-0.25, -0.2) is 29.3 Å². The molecular weight excluding hydrogens is 433 g/mol. The van der Waals surface area contributed by atoms with Crippen molar-refractivity contribution >= 4 is 16.9 Å². The van der Waals surface area contributed by atoms with Gasteiger partial charge in [-0.1, -0.05) is 12.0 Å². The van der Waals surface area contributed by atoms with Crippen LogP contribution in [0.5, 0.6) is 11.8 Å². The molecule has 166 valence electrons. The van der Waals surface area contributed by atoms with Gasteiger partial charge >= 0.3 is 6.01 Å². The summed E-state index contributed by atoms with van der Waals surface area (Å²) in [7, 11) is 1.85. The second-order valence-corrected chi connectivity index (χ2v) is 7.54. The van der Waals surface area contributed by atoms with Crippen LogP contribution in [0.1, 0.15) is 11.4 Å². The third-order valence-electron chi connectivity index (χ3n) is 5.37. The van der Waals surface area contributed by atoms with E-state index in [1.807, 2.05) is 17.7 Å². The summed E-state index contributed by atoms with van der Waals surface area (Å²) in [4.78, 5) is 20.9. The molecule has 4 aromatic heterocycles. The predicted octanol–water partition coefficient (Wildman–Crippen LogP) is 4.29. The number of fused-ring (bicyclic) bond motifs is 1. The molecule has 0 aliphatic heterocycles. The molecule has 0 aliphatic carbocycles. The lowest BCUT2D eigenvalue weighted by Gasteiger charge is -2.11. The van der Waals surface area contributed by atoms with Crippen molar-refractivity contribution in [1.29, 1.82) is 0 Å². The van der Waals surface area contributed by atoms with E-state index in [0.29, 0.717) is 33.5 Å². The standard InChI is InChI=1S/C25H18FN7O/c1-4-17-11-16(8-10-28-17)22-20(21-23(27)30-13-31-24(21)33(22)3)15-5-6-19(18(26)12-15)34-25-29-9-7-14(2)32-25/h1,5-13H,2-3H3,(H2,27,30,31). The first-order valence-corrected chi connectivity index (χ1v) is 10.3. The van der Waals surface area contributed by atoms with Gasteiger partial charge in [-0.2, -0.15) is 0 Å². The van der Waals surface area contributed by atoms with Crippen LogP contribution in [-0.2, 0) is 7.05 Å². The van der Waals surface area contributed by atoms with Crippen molar-refractivity contribution in [2.75, 3.05) is 5.73 Å². The van der Waals surface area contributed by atoms with E-state index in [0.717, 1.165) is 11.3 Å². The number of aryl methyl sites for hydroxylation is 2. The highest BCUT2D eigenvalue weighted by atomic mass is 19.1. The van der Waals surface area contributed by atoms with Gasteiger partial charge in [-0.15, -0.1) is 6.42 Å². The topological polar surface area (TPSA) is 105 Å². The van der Waals surface area contributed by atoms with Crippen LogP contribution in [0.2, 0.25) is 0 Å². The lowest BCUT2D eigenvalue weighted by Crippen LogP contribution is -1.96. The van der Waals surface area contributed by atoms with Gasteiger partial charge in [0.05, 0.1) is 11.1 Å². The van der Waals surface area contributed by atoms with Crippen LogP contribution in [0.3, 0.4) is 0 Å². The Morgan fingerprint density at radius 2 is 1.85 bits per heavy atom. The number of pyridine rings is 1. The number of nitrogens with zero attached hydrogens (tertiary/aromatic N) is 6. The summed E-state index contributed by atoms with van der Waals surface area (Å²) in [6.07, 6.45) is 10.1. The van der Waals surface area contributed by atoms with Crippen LogP contribution in [-0.4, -0.2) is 29.5 Å². The number of ether oxygens (including phenoxy) is 1.